The van der Waals surface area contributed by atoms with Gasteiger partial charge in [0.1, 0.15) is 6.04 Å². The van der Waals surface area contributed by atoms with Crippen LogP contribution in [0.1, 0.15) is 62.7 Å². The Kier molecular flexibility index (Phi) is 5.79. The van der Waals surface area contributed by atoms with E-state index in [1.165, 1.54) is 25.7 Å². The van der Waals surface area contributed by atoms with Gasteiger partial charge in [-0.05, 0) is 26.7 Å². The van der Waals surface area contributed by atoms with Gasteiger partial charge in [0.25, 0.3) is 0 Å². The van der Waals surface area contributed by atoms with Crippen molar-refractivity contribution in [2.24, 2.45) is 7.05 Å². The van der Waals surface area contributed by atoms with E-state index in [0.717, 1.165) is 24.1 Å². The molecule has 2 rings (SSSR count). The van der Waals surface area contributed by atoms with Crippen molar-refractivity contribution in [3.63, 3.8) is 0 Å². The number of aryl methyl sites for hydroxylation is 2. The number of rotatable bonds is 5. The van der Waals surface area contributed by atoms with Gasteiger partial charge in [-0.25, -0.2) is 4.79 Å². The second-order valence-corrected chi connectivity index (χ2v) is 5.88. The molecular weight excluding hydrogens is 266 g/mol. The molecular formula is C16H27N3O2. The highest BCUT2D eigenvalue weighted by atomic mass is 16.5. The minimum atomic E-state index is -0.401. The van der Waals surface area contributed by atoms with Gasteiger partial charge in [-0.1, -0.05) is 25.7 Å². The molecule has 5 heteroatoms. The van der Waals surface area contributed by atoms with Crippen LogP contribution in [-0.4, -0.2) is 28.4 Å². The van der Waals surface area contributed by atoms with E-state index in [1.54, 1.807) is 4.68 Å². The van der Waals surface area contributed by atoms with Gasteiger partial charge in [0, 0.05) is 24.8 Å². The van der Waals surface area contributed by atoms with Gasteiger partial charge in [-0.15, -0.1) is 0 Å². The van der Waals surface area contributed by atoms with Crippen molar-refractivity contribution in [3.8, 4) is 0 Å². The number of carbonyl (C=O) groups excluding carboxylic acids is 1. The number of ether oxygens (including phenoxy) is 1. The first-order valence-electron chi connectivity index (χ1n) is 8.04. The summed E-state index contributed by atoms with van der Waals surface area (Å²) in [7, 11) is 1.88. The van der Waals surface area contributed by atoms with Gasteiger partial charge in [-0.2, -0.15) is 5.10 Å². The van der Waals surface area contributed by atoms with Crippen LogP contribution in [0.5, 0.6) is 0 Å². The lowest BCUT2D eigenvalue weighted by atomic mass is 10.0. The van der Waals surface area contributed by atoms with Crippen LogP contribution in [0.4, 0.5) is 0 Å². The quantitative estimate of drug-likeness (QED) is 0.670. The lowest BCUT2D eigenvalue weighted by Gasteiger charge is -2.23. The second-order valence-electron chi connectivity index (χ2n) is 5.88. The topological polar surface area (TPSA) is 56.1 Å². The molecule has 1 aromatic heterocycles. The molecule has 1 saturated carbocycles. The van der Waals surface area contributed by atoms with Crippen molar-refractivity contribution in [1.29, 1.82) is 0 Å². The van der Waals surface area contributed by atoms with Crippen LogP contribution in [-0.2, 0) is 16.6 Å². The Labute approximate surface area is 127 Å². The highest BCUT2D eigenvalue weighted by Gasteiger charge is 2.28. The molecule has 0 saturated heterocycles. The summed E-state index contributed by atoms with van der Waals surface area (Å²) in [5, 5.41) is 7.88. The molecule has 118 valence electrons. The zero-order valence-corrected chi connectivity index (χ0v) is 13.4. The average Bonchev–Trinajstić information content (AvgIpc) is 2.66. The standard InChI is InChI=1S/C16H27N3O2/c1-4-21-16(20)15(14-11-19(3)18-12(14)2)17-13-9-7-5-6-8-10-13/h11,13,15,17H,4-10H2,1-3H3. The molecule has 1 fully saturated rings. The summed E-state index contributed by atoms with van der Waals surface area (Å²) in [6.07, 6.45) is 9.26. The zero-order valence-electron chi connectivity index (χ0n) is 13.4. The molecule has 0 spiro atoms. The molecule has 5 nitrogen and oxygen atoms in total. The summed E-state index contributed by atoms with van der Waals surface area (Å²) in [5.74, 6) is -0.196. The number of hydrogen-bond donors (Lipinski definition) is 1. The van der Waals surface area contributed by atoms with Crippen molar-refractivity contribution in [1.82, 2.24) is 15.1 Å². The van der Waals surface area contributed by atoms with Crippen molar-refractivity contribution >= 4 is 5.97 Å². The van der Waals surface area contributed by atoms with E-state index in [2.05, 4.69) is 10.4 Å². The van der Waals surface area contributed by atoms with Crippen LogP contribution < -0.4 is 5.32 Å². The lowest BCUT2D eigenvalue weighted by Crippen LogP contribution is -2.38. The van der Waals surface area contributed by atoms with Crippen molar-refractivity contribution in [2.45, 2.75) is 64.5 Å². The molecule has 1 N–H and O–H groups in total. The van der Waals surface area contributed by atoms with Gasteiger partial charge in [-0.3, -0.25) is 10.00 Å². The summed E-state index contributed by atoms with van der Waals surface area (Å²) in [6, 6.07) is -0.0109. The Morgan fingerprint density at radius 2 is 2.10 bits per heavy atom. The first-order chi connectivity index (χ1) is 10.1. The maximum atomic E-state index is 12.3. The molecule has 0 aliphatic heterocycles. The predicted molar refractivity (Wildman–Crippen MR) is 81.9 cm³/mol. The summed E-state index contributed by atoms with van der Waals surface area (Å²) in [4.78, 5) is 12.3. The summed E-state index contributed by atoms with van der Waals surface area (Å²) < 4.78 is 7.01. The maximum Gasteiger partial charge on any atom is 0.327 e. The molecule has 1 aliphatic rings. The van der Waals surface area contributed by atoms with Crippen molar-refractivity contribution < 1.29 is 9.53 Å². The van der Waals surface area contributed by atoms with Gasteiger partial charge in [0.2, 0.25) is 0 Å². The largest absolute Gasteiger partial charge is 0.465 e. The average molecular weight is 293 g/mol. The van der Waals surface area contributed by atoms with E-state index >= 15 is 0 Å². The highest BCUT2D eigenvalue weighted by molar-refractivity contribution is 5.78. The number of aromatic nitrogens is 2. The Morgan fingerprint density at radius 1 is 1.43 bits per heavy atom. The molecule has 0 bridgehead atoms. The van der Waals surface area contributed by atoms with Gasteiger partial charge in [0.05, 0.1) is 12.3 Å². The fraction of sp³-hybridized carbons (Fsp3) is 0.750. The van der Waals surface area contributed by atoms with Crippen LogP contribution in [0.3, 0.4) is 0 Å². The van der Waals surface area contributed by atoms with Crippen LogP contribution in [0.15, 0.2) is 6.20 Å². The van der Waals surface area contributed by atoms with Gasteiger partial charge in [0.15, 0.2) is 0 Å². The summed E-state index contributed by atoms with van der Waals surface area (Å²) in [5.41, 5.74) is 1.82. The third kappa shape index (κ3) is 4.30. The smallest absolute Gasteiger partial charge is 0.327 e. The third-order valence-electron chi connectivity index (χ3n) is 4.14. The highest BCUT2D eigenvalue weighted by Crippen LogP contribution is 2.23. The van der Waals surface area contributed by atoms with Crippen LogP contribution >= 0.6 is 0 Å². The van der Waals surface area contributed by atoms with Gasteiger partial charge >= 0.3 is 5.97 Å². The Morgan fingerprint density at radius 3 is 2.62 bits per heavy atom. The number of hydrogen-bond acceptors (Lipinski definition) is 4. The fourth-order valence-corrected chi connectivity index (χ4v) is 3.09. The summed E-state index contributed by atoms with van der Waals surface area (Å²) >= 11 is 0. The van der Waals surface area contributed by atoms with E-state index in [0.29, 0.717) is 12.6 Å². The number of esters is 1. The Balaban J connectivity index is 2.15. The normalized spacial score (nSPS) is 18.2. The molecule has 1 atom stereocenters. The molecule has 1 heterocycles. The van der Waals surface area contributed by atoms with E-state index < -0.39 is 6.04 Å². The SMILES string of the molecule is CCOC(=O)C(NC1CCCCCC1)c1cn(C)nc1C. The lowest BCUT2D eigenvalue weighted by molar-refractivity contribution is -0.146. The van der Waals surface area contributed by atoms with E-state index in [-0.39, 0.29) is 5.97 Å². The van der Waals surface area contributed by atoms with Crippen molar-refractivity contribution in [3.05, 3.63) is 17.5 Å². The van der Waals surface area contributed by atoms with E-state index in [4.69, 9.17) is 4.74 Å². The van der Waals surface area contributed by atoms with E-state index in [1.807, 2.05) is 27.1 Å². The second kappa shape index (κ2) is 7.59. The molecule has 1 unspecified atom stereocenters. The Hall–Kier alpha value is -1.36. The van der Waals surface area contributed by atoms with Crippen LogP contribution in [0.2, 0.25) is 0 Å². The minimum Gasteiger partial charge on any atom is -0.465 e. The number of nitrogens with one attached hydrogen (secondary N) is 1. The van der Waals surface area contributed by atoms with Crippen LogP contribution in [0.25, 0.3) is 0 Å². The van der Waals surface area contributed by atoms with Gasteiger partial charge < -0.3 is 4.74 Å². The fourth-order valence-electron chi connectivity index (χ4n) is 3.09. The first-order valence-corrected chi connectivity index (χ1v) is 8.04. The van der Waals surface area contributed by atoms with Crippen LogP contribution in [0, 0.1) is 6.92 Å². The van der Waals surface area contributed by atoms with Crippen molar-refractivity contribution in [2.75, 3.05) is 6.61 Å². The molecule has 0 aromatic carbocycles. The number of carbonyl (C=O) groups is 1. The minimum absolute atomic E-state index is 0.196. The zero-order chi connectivity index (χ0) is 15.2. The van der Waals surface area contributed by atoms with E-state index in [9.17, 15) is 4.79 Å². The third-order valence-corrected chi connectivity index (χ3v) is 4.14. The maximum absolute atomic E-state index is 12.3. The monoisotopic (exact) mass is 293 g/mol. The molecule has 0 amide bonds. The predicted octanol–water partition coefficient (Wildman–Crippen LogP) is 2.65. The molecule has 21 heavy (non-hydrogen) atoms. The number of nitrogens with zero attached hydrogens (tertiary/aromatic N) is 2. The Bertz CT molecular complexity index is 462. The molecule has 1 aromatic rings. The summed E-state index contributed by atoms with van der Waals surface area (Å²) in [6.45, 7) is 4.19. The molecule has 0 radical (unpaired) electrons. The molecule has 1 aliphatic carbocycles. The first kappa shape index (κ1) is 16.0.